The second-order valence-corrected chi connectivity index (χ2v) is 8.62. The summed E-state index contributed by atoms with van der Waals surface area (Å²) in [5.74, 6) is 0.554. The van der Waals surface area contributed by atoms with E-state index in [-0.39, 0.29) is 17.4 Å². The van der Waals surface area contributed by atoms with E-state index in [9.17, 15) is 9.18 Å². The Morgan fingerprint density at radius 1 is 0.857 bits per heavy atom. The van der Waals surface area contributed by atoms with Gasteiger partial charge in [0.05, 0.1) is 5.02 Å². The van der Waals surface area contributed by atoms with Gasteiger partial charge in [-0.1, -0.05) is 35.4 Å². The quantitative estimate of drug-likeness (QED) is 0.250. The molecule has 1 heterocycles. The maximum Gasteiger partial charge on any atom is 0.229 e. The number of nitrogens with zero attached hydrogens (tertiary/aromatic N) is 2. The molecule has 3 N–H and O–H groups in total. The summed E-state index contributed by atoms with van der Waals surface area (Å²) in [6.45, 7) is 3.95. The summed E-state index contributed by atoms with van der Waals surface area (Å²) in [6, 6.07) is 21.7. The minimum absolute atomic E-state index is 0.0583. The van der Waals surface area contributed by atoms with Gasteiger partial charge in [0.15, 0.2) is 0 Å². The van der Waals surface area contributed by atoms with Crippen LogP contribution in [0.1, 0.15) is 23.2 Å². The molecule has 178 valence electrons. The zero-order valence-corrected chi connectivity index (χ0v) is 20.2. The summed E-state index contributed by atoms with van der Waals surface area (Å²) < 4.78 is 13.3. The molecule has 0 saturated heterocycles. The molecule has 1 aromatic heterocycles. The van der Waals surface area contributed by atoms with Crippen LogP contribution in [0.4, 0.5) is 33.2 Å². The Bertz CT molecular complexity index is 1330. The third-order valence-corrected chi connectivity index (χ3v) is 5.52. The number of nitrogens with one attached hydrogen (secondary N) is 3. The van der Waals surface area contributed by atoms with Crippen molar-refractivity contribution in [1.29, 1.82) is 0 Å². The zero-order valence-electron chi connectivity index (χ0n) is 19.4. The average molecular weight is 490 g/mol. The number of halogens is 2. The van der Waals surface area contributed by atoms with Crippen LogP contribution in [0.5, 0.6) is 0 Å². The van der Waals surface area contributed by atoms with Gasteiger partial charge in [0, 0.05) is 35.2 Å². The molecule has 0 radical (unpaired) electrons. The Kier molecular flexibility index (Phi) is 7.57. The Morgan fingerprint density at radius 2 is 1.51 bits per heavy atom. The lowest BCUT2D eigenvalue weighted by Crippen LogP contribution is -2.12. The molecular weight excluding hydrogens is 465 g/mol. The van der Waals surface area contributed by atoms with Crippen molar-refractivity contribution in [1.82, 2.24) is 9.97 Å². The lowest BCUT2D eigenvalue weighted by Gasteiger charge is -2.11. The van der Waals surface area contributed by atoms with Gasteiger partial charge in [-0.3, -0.25) is 4.79 Å². The van der Waals surface area contributed by atoms with Gasteiger partial charge in [-0.05, 0) is 74.4 Å². The Morgan fingerprint density at radius 3 is 2.23 bits per heavy atom. The lowest BCUT2D eigenvalue weighted by atomic mass is 10.1. The molecular formula is C27H25ClFN5O. The average Bonchev–Trinajstić information content (AvgIpc) is 2.82. The molecule has 35 heavy (non-hydrogen) atoms. The second kappa shape index (κ2) is 11.0. The smallest absolute Gasteiger partial charge is 0.229 e. The molecule has 8 heteroatoms. The van der Waals surface area contributed by atoms with E-state index < -0.39 is 5.82 Å². The maximum atomic E-state index is 13.3. The molecule has 0 saturated carbocycles. The first kappa shape index (κ1) is 24.2. The number of aryl methyl sites for hydroxylation is 3. The van der Waals surface area contributed by atoms with E-state index in [1.54, 1.807) is 12.1 Å². The summed E-state index contributed by atoms with van der Waals surface area (Å²) in [6.07, 6.45) is 0.733. The molecule has 4 aromatic rings. The van der Waals surface area contributed by atoms with Crippen molar-refractivity contribution in [2.75, 3.05) is 16.0 Å². The first-order valence-electron chi connectivity index (χ1n) is 11.1. The molecule has 0 fully saturated rings. The molecule has 6 nitrogen and oxygen atoms in total. The number of hydrogen-bond acceptors (Lipinski definition) is 5. The number of rotatable bonds is 8. The summed E-state index contributed by atoms with van der Waals surface area (Å²) in [5.41, 5.74) is 5.22. The van der Waals surface area contributed by atoms with Gasteiger partial charge in [-0.15, -0.1) is 0 Å². The maximum absolute atomic E-state index is 13.3. The fraction of sp³-hybridized carbons (Fsp3) is 0.148. The second-order valence-electron chi connectivity index (χ2n) is 8.21. The van der Waals surface area contributed by atoms with Crippen LogP contribution in [0.25, 0.3) is 0 Å². The van der Waals surface area contributed by atoms with Crippen molar-refractivity contribution < 1.29 is 9.18 Å². The molecule has 0 bridgehead atoms. The van der Waals surface area contributed by atoms with Crippen LogP contribution < -0.4 is 16.0 Å². The fourth-order valence-electron chi connectivity index (χ4n) is 3.42. The lowest BCUT2D eigenvalue weighted by molar-refractivity contribution is -0.116. The summed E-state index contributed by atoms with van der Waals surface area (Å²) in [7, 11) is 0. The van der Waals surface area contributed by atoms with Crippen molar-refractivity contribution in [3.8, 4) is 0 Å². The molecule has 0 aliphatic rings. The molecule has 0 unspecified atom stereocenters. The highest BCUT2D eigenvalue weighted by Crippen LogP contribution is 2.22. The van der Waals surface area contributed by atoms with Gasteiger partial charge in [0.2, 0.25) is 11.9 Å². The van der Waals surface area contributed by atoms with E-state index in [0.29, 0.717) is 23.9 Å². The number of anilines is 5. The number of carbonyl (C=O) groups excluding carboxylic acids is 1. The van der Waals surface area contributed by atoms with E-state index in [0.717, 1.165) is 22.6 Å². The van der Waals surface area contributed by atoms with Crippen molar-refractivity contribution in [2.45, 2.75) is 26.7 Å². The third-order valence-electron chi connectivity index (χ3n) is 5.23. The molecule has 0 aliphatic heterocycles. The molecule has 0 atom stereocenters. The van der Waals surface area contributed by atoms with Crippen LogP contribution in [0.3, 0.4) is 0 Å². The number of hydrogen-bond donors (Lipinski definition) is 3. The summed E-state index contributed by atoms with van der Waals surface area (Å²) >= 11 is 5.80. The predicted molar refractivity (Wildman–Crippen MR) is 139 cm³/mol. The van der Waals surface area contributed by atoms with Gasteiger partial charge in [0.1, 0.15) is 11.6 Å². The largest absolute Gasteiger partial charge is 0.340 e. The van der Waals surface area contributed by atoms with E-state index in [1.165, 1.54) is 11.6 Å². The van der Waals surface area contributed by atoms with Crippen LogP contribution in [0, 0.1) is 19.7 Å². The Hall–Kier alpha value is -3.97. The molecule has 0 spiro atoms. The van der Waals surface area contributed by atoms with Gasteiger partial charge in [0.25, 0.3) is 0 Å². The minimum Gasteiger partial charge on any atom is -0.340 e. The SMILES string of the molecule is Cc1ccc(Nc2nc(C)cc(Nc3ccc(NC(=O)CCc4ccc(F)c(Cl)c4)cc3)n2)cc1. The number of amides is 1. The van der Waals surface area contributed by atoms with E-state index in [1.807, 2.05) is 68.4 Å². The van der Waals surface area contributed by atoms with Crippen molar-refractivity contribution in [3.05, 3.63) is 100 Å². The standard InChI is InChI=1S/C27H25ClFN5O/c1-17-3-7-22(8-4-17)33-27-30-18(2)15-25(34-27)31-20-9-11-21(12-10-20)32-26(35)14-6-19-5-13-24(29)23(28)16-19/h3-5,7-13,15-16H,6,14H2,1-2H3,(H,32,35)(H2,30,31,33,34). The number of benzene rings is 3. The van der Waals surface area contributed by atoms with Crippen LogP contribution in [0.2, 0.25) is 5.02 Å². The van der Waals surface area contributed by atoms with Gasteiger partial charge >= 0.3 is 0 Å². The molecule has 0 aliphatic carbocycles. The number of carbonyl (C=O) groups is 1. The van der Waals surface area contributed by atoms with Crippen LogP contribution >= 0.6 is 11.6 Å². The minimum atomic E-state index is -0.468. The topological polar surface area (TPSA) is 78.9 Å². The van der Waals surface area contributed by atoms with E-state index in [4.69, 9.17) is 11.6 Å². The fourth-order valence-corrected chi connectivity index (χ4v) is 3.62. The van der Waals surface area contributed by atoms with Gasteiger partial charge < -0.3 is 16.0 Å². The van der Waals surface area contributed by atoms with E-state index in [2.05, 4.69) is 25.9 Å². The number of aromatic nitrogens is 2. The Labute approximate surface area is 208 Å². The summed E-state index contributed by atoms with van der Waals surface area (Å²) in [4.78, 5) is 21.3. The normalized spacial score (nSPS) is 10.6. The monoisotopic (exact) mass is 489 g/mol. The highest BCUT2D eigenvalue weighted by molar-refractivity contribution is 6.30. The molecule has 1 amide bonds. The van der Waals surface area contributed by atoms with Crippen LogP contribution in [0.15, 0.2) is 72.8 Å². The van der Waals surface area contributed by atoms with Crippen molar-refractivity contribution in [2.24, 2.45) is 0 Å². The van der Waals surface area contributed by atoms with Crippen LogP contribution in [-0.4, -0.2) is 15.9 Å². The summed E-state index contributed by atoms with van der Waals surface area (Å²) in [5, 5.41) is 9.42. The van der Waals surface area contributed by atoms with Gasteiger partial charge in [-0.25, -0.2) is 9.37 Å². The highest BCUT2D eigenvalue weighted by atomic mass is 35.5. The Balaban J connectivity index is 1.33. The third kappa shape index (κ3) is 7.01. The molecule has 3 aromatic carbocycles. The first-order valence-corrected chi connectivity index (χ1v) is 11.5. The van der Waals surface area contributed by atoms with Crippen molar-refractivity contribution in [3.63, 3.8) is 0 Å². The highest BCUT2D eigenvalue weighted by Gasteiger charge is 2.07. The van der Waals surface area contributed by atoms with E-state index >= 15 is 0 Å². The van der Waals surface area contributed by atoms with Crippen molar-refractivity contribution >= 4 is 46.3 Å². The zero-order chi connectivity index (χ0) is 24.8. The van der Waals surface area contributed by atoms with Crippen LogP contribution in [-0.2, 0) is 11.2 Å². The van der Waals surface area contributed by atoms with Gasteiger partial charge in [-0.2, -0.15) is 4.98 Å². The molecule has 4 rings (SSSR count). The first-order chi connectivity index (χ1) is 16.8. The predicted octanol–water partition coefficient (Wildman–Crippen LogP) is 6.94.